The number of halogens is 4. The van der Waals surface area contributed by atoms with Crippen molar-refractivity contribution in [3.63, 3.8) is 0 Å². The number of hydrogen-bond donors (Lipinski definition) is 0. The molecule has 0 saturated heterocycles. The van der Waals surface area contributed by atoms with Gasteiger partial charge in [0.25, 0.3) is 0 Å². The molecule has 6 heteroatoms. The Morgan fingerprint density at radius 3 is 2.12 bits per heavy atom. The Morgan fingerprint density at radius 1 is 0.958 bits per heavy atom. The van der Waals surface area contributed by atoms with Crippen LogP contribution in [0.15, 0.2) is 51.4 Å². The lowest BCUT2D eigenvalue weighted by Crippen LogP contribution is -1.86. The van der Waals surface area contributed by atoms with Gasteiger partial charge < -0.3 is 0 Å². The highest BCUT2D eigenvalue weighted by atomic mass is 79.9. The van der Waals surface area contributed by atoms with Crippen molar-refractivity contribution < 1.29 is 8.78 Å². The van der Waals surface area contributed by atoms with Crippen LogP contribution in [0.5, 0.6) is 0 Å². The number of hydrogen-bond acceptors (Lipinski definition) is 2. The van der Waals surface area contributed by atoms with Gasteiger partial charge in [-0.3, -0.25) is 0 Å². The number of aryl methyl sites for hydroxylation is 1. The van der Waals surface area contributed by atoms with Gasteiger partial charge in [0.05, 0.1) is 12.1 Å². The van der Waals surface area contributed by atoms with Gasteiger partial charge in [-0.25, -0.2) is 8.78 Å². The molecule has 0 unspecified atom stereocenters. The Labute approximate surface area is 156 Å². The third-order valence-electron chi connectivity index (χ3n) is 2.82. The molecule has 0 saturated carbocycles. The Bertz CT molecular complexity index is 806. The molecule has 0 aromatic heterocycles. The van der Waals surface area contributed by atoms with E-state index in [0.29, 0.717) is 17.3 Å². The monoisotopic (exact) mass is 452 g/mol. The van der Waals surface area contributed by atoms with Crippen molar-refractivity contribution in [2.45, 2.75) is 12.8 Å². The molecule has 0 bridgehead atoms. The second-order valence-corrected chi connectivity index (χ2v) is 6.23. The molecule has 0 N–H and O–H groups in total. The van der Waals surface area contributed by atoms with Gasteiger partial charge in [0, 0.05) is 21.4 Å². The molecule has 2 aromatic rings. The van der Waals surface area contributed by atoms with Gasteiger partial charge in [-0.15, -0.1) is 0 Å². The highest BCUT2D eigenvalue weighted by molar-refractivity contribution is 9.10. The Balaban J connectivity index is 0.000000240. The molecule has 0 atom stereocenters. The highest BCUT2D eigenvalue weighted by Gasteiger charge is 2.00. The summed E-state index contributed by atoms with van der Waals surface area (Å²) < 4.78 is 26.5. The zero-order valence-electron chi connectivity index (χ0n) is 12.4. The molecule has 0 heterocycles. The molecule has 0 fully saturated rings. The fourth-order valence-corrected chi connectivity index (χ4v) is 2.71. The number of nitrogens with zero attached hydrogens (tertiary/aromatic N) is 2. The van der Waals surface area contributed by atoms with Crippen molar-refractivity contribution in [1.29, 1.82) is 10.5 Å². The molecule has 24 heavy (non-hydrogen) atoms. The lowest BCUT2D eigenvalue weighted by molar-refractivity contribution is 0.625. The third kappa shape index (κ3) is 7.04. The van der Waals surface area contributed by atoms with Gasteiger partial charge >= 0.3 is 0 Å². The Kier molecular flexibility index (Phi) is 8.93. The van der Waals surface area contributed by atoms with Crippen molar-refractivity contribution in [2.24, 2.45) is 0 Å². The average molecular weight is 454 g/mol. The van der Waals surface area contributed by atoms with Crippen LogP contribution < -0.4 is 0 Å². The largest absolute Gasteiger partial charge is 0.207 e. The average Bonchev–Trinajstić information content (AvgIpc) is 2.54. The minimum Gasteiger partial charge on any atom is -0.207 e. The van der Waals surface area contributed by atoms with Crippen LogP contribution in [-0.2, 0) is 6.42 Å². The first kappa shape index (κ1) is 20.0. The van der Waals surface area contributed by atoms with Gasteiger partial charge in [-0.1, -0.05) is 44.0 Å². The zero-order valence-corrected chi connectivity index (χ0v) is 15.6. The summed E-state index contributed by atoms with van der Waals surface area (Å²) in [5, 5.41) is 16.6. The lowest BCUT2D eigenvalue weighted by Gasteiger charge is -2.00. The van der Waals surface area contributed by atoms with E-state index < -0.39 is 0 Å². The maximum atomic E-state index is 12.6. The lowest BCUT2D eigenvalue weighted by atomic mass is 10.1. The topological polar surface area (TPSA) is 47.6 Å². The molecule has 2 rings (SSSR count). The van der Waals surface area contributed by atoms with E-state index in [1.165, 1.54) is 30.3 Å². The summed E-state index contributed by atoms with van der Waals surface area (Å²) in [5.41, 5.74) is 1.76. The molecule has 2 nitrogen and oxygen atoms in total. The van der Waals surface area contributed by atoms with Gasteiger partial charge in [0.15, 0.2) is 0 Å². The van der Waals surface area contributed by atoms with Crippen molar-refractivity contribution in [1.82, 2.24) is 0 Å². The molecule has 0 spiro atoms. The first-order valence-corrected chi connectivity index (χ1v) is 8.38. The normalized spacial score (nSPS) is 9.75. The summed E-state index contributed by atoms with van der Waals surface area (Å²) in [6.07, 6.45) is 4.09. The van der Waals surface area contributed by atoms with Crippen molar-refractivity contribution in [2.75, 3.05) is 0 Å². The summed E-state index contributed by atoms with van der Waals surface area (Å²) in [4.78, 5) is 0. The SMILES string of the molecule is N#C/C=C/c1ccc(F)cc1Br.N#CCCc1ccc(F)cc1Br. The second kappa shape index (κ2) is 10.7. The van der Waals surface area contributed by atoms with Gasteiger partial charge in [-0.2, -0.15) is 10.5 Å². The van der Waals surface area contributed by atoms with E-state index >= 15 is 0 Å². The van der Waals surface area contributed by atoms with E-state index in [4.69, 9.17) is 10.5 Å². The Morgan fingerprint density at radius 2 is 1.58 bits per heavy atom. The molecular weight excluding hydrogens is 442 g/mol. The summed E-state index contributed by atoms with van der Waals surface area (Å²) in [5.74, 6) is -0.557. The fourth-order valence-electron chi connectivity index (χ4n) is 1.68. The summed E-state index contributed by atoms with van der Waals surface area (Å²) in [6, 6.07) is 12.7. The van der Waals surface area contributed by atoms with E-state index in [-0.39, 0.29) is 11.6 Å². The third-order valence-corrected chi connectivity index (χ3v) is 4.25. The van der Waals surface area contributed by atoms with Crippen LogP contribution in [0, 0.1) is 34.3 Å². The number of rotatable bonds is 3. The number of allylic oxidation sites excluding steroid dienone is 1. The standard InChI is InChI=1S/C9H7BrFN.C9H5BrFN/c2*10-9-6-8(11)4-3-7(9)2-1-5-12/h3-4,6H,1-2H2;1-4,6H/b;2-1+. The zero-order chi connectivity index (χ0) is 17.9. The van der Waals surface area contributed by atoms with Crippen molar-refractivity contribution in [3.05, 3.63) is 74.2 Å². The van der Waals surface area contributed by atoms with Gasteiger partial charge in [-0.05, 0) is 47.9 Å². The predicted molar refractivity (Wildman–Crippen MR) is 96.8 cm³/mol. The number of nitriles is 2. The fraction of sp³-hybridized carbons (Fsp3) is 0.111. The van der Waals surface area contributed by atoms with Crippen LogP contribution in [0.1, 0.15) is 17.5 Å². The molecule has 0 aliphatic carbocycles. The van der Waals surface area contributed by atoms with Crippen molar-refractivity contribution >= 4 is 37.9 Å². The van der Waals surface area contributed by atoms with Crippen LogP contribution in [0.25, 0.3) is 6.08 Å². The van der Waals surface area contributed by atoms with Gasteiger partial charge in [0.1, 0.15) is 11.6 Å². The van der Waals surface area contributed by atoms with Crippen LogP contribution in [0.2, 0.25) is 0 Å². The minimum atomic E-state index is -0.295. The minimum absolute atomic E-state index is 0.261. The van der Waals surface area contributed by atoms with Crippen LogP contribution in [0.3, 0.4) is 0 Å². The van der Waals surface area contributed by atoms with E-state index in [0.717, 1.165) is 15.6 Å². The maximum absolute atomic E-state index is 12.6. The van der Waals surface area contributed by atoms with Crippen LogP contribution in [0.4, 0.5) is 8.78 Å². The first-order valence-electron chi connectivity index (χ1n) is 6.80. The summed E-state index contributed by atoms with van der Waals surface area (Å²) in [6.45, 7) is 0. The quantitative estimate of drug-likeness (QED) is 0.521. The molecule has 0 radical (unpaired) electrons. The molecule has 0 aliphatic rings. The smallest absolute Gasteiger partial charge is 0.124 e. The van der Waals surface area contributed by atoms with E-state index in [9.17, 15) is 8.78 Å². The molecule has 0 aliphatic heterocycles. The molecule has 2 aromatic carbocycles. The maximum Gasteiger partial charge on any atom is 0.124 e. The number of benzene rings is 2. The molecule has 0 amide bonds. The second-order valence-electron chi connectivity index (χ2n) is 4.52. The molecule has 122 valence electrons. The molecular formula is C18H12Br2F2N2. The Hall–Kier alpha value is -2.02. The van der Waals surface area contributed by atoms with Crippen molar-refractivity contribution in [3.8, 4) is 12.1 Å². The summed E-state index contributed by atoms with van der Waals surface area (Å²) >= 11 is 6.40. The van der Waals surface area contributed by atoms with E-state index in [1.807, 2.05) is 12.1 Å². The van der Waals surface area contributed by atoms with Crippen LogP contribution in [-0.4, -0.2) is 0 Å². The van der Waals surface area contributed by atoms with Gasteiger partial charge in [0.2, 0.25) is 0 Å². The van der Waals surface area contributed by atoms with E-state index in [1.54, 1.807) is 18.2 Å². The van der Waals surface area contributed by atoms with Crippen LogP contribution >= 0.6 is 31.9 Å². The highest BCUT2D eigenvalue weighted by Crippen LogP contribution is 2.19. The first-order chi connectivity index (χ1) is 11.5. The summed E-state index contributed by atoms with van der Waals surface area (Å²) in [7, 11) is 0. The predicted octanol–water partition coefficient (Wildman–Crippen LogP) is 6.17. The van der Waals surface area contributed by atoms with E-state index in [2.05, 4.69) is 31.9 Å².